The number of tetrazole rings is 1. The molecule has 0 amide bonds. The van der Waals surface area contributed by atoms with Crippen molar-refractivity contribution in [2.45, 2.75) is 40.2 Å². The number of benzene rings is 2. The summed E-state index contributed by atoms with van der Waals surface area (Å²) < 4.78 is 2.59. The smallest absolute Gasteiger partial charge is 0.274 e. The highest BCUT2D eigenvalue weighted by atomic mass is 16.2. The van der Waals surface area contributed by atoms with Crippen LogP contribution in [0.25, 0.3) is 22.5 Å². The molecular formula is C23H25N7O2. The highest BCUT2D eigenvalue weighted by molar-refractivity contribution is 5.80. The van der Waals surface area contributed by atoms with Gasteiger partial charge in [0.15, 0.2) is 5.82 Å². The van der Waals surface area contributed by atoms with E-state index in [-0.39, 0.29) is 18.0 Å². The van der Waals surface area contributed by atoms with E-state index in [1.165, 1.54) is 0 Å². The molecule has 0 unspecified atom stereocenters. The Kier molecular flexibility index (Phi) is 6.07. The molecule has 0 bridgehead atoms. The Morgan fingerprint density at radius 2 is 1.78 bits per heavy atom. The molecule has 0 atom stereocenters. The monoisotopic (exact) mass is 431 g/mol. The quantitative estimate of drug-likeness (QED) is 0.481. The van der Waals surface area contributed by atoms with Crippen molar-refractivity contribution < 1.29 is 4.79 Å². The number of nitrogens with zero attached hydrogens (tertiary/aromatic N) is 6. The van der Waals surface area contributed by atoms with Gasteiger partial charge in [0.25, 0.3) is 5.91 Å². The molecule has 0 radical (unpaired) electrons. The molecule has 9 nitrogen and oxygen atoms in total. The first kappa shape index (κ1) is 21.4. The molecule has 32 heavy (non-hydrogen) atoms. The SMILES string of the molecule is CCC(=O)n1nc(CC(C)C)n(Cc2ccc(-c3ccccc3-c3nnn[nH]3)cc2)c1=O. The fourth-order valence-corrected chi connectivity index (χ4v) is 3.61. The third-order valence-electron chi connectivity index (χ3n) is 5.20. The summed E-state index contributed by atoms with van der Waals surface area (Å²) in [5.41, 5.74) is 3.46. The van der Waals surface area contributed by atoms with Gasteiger partial charge >= 0.3 is 5.69 Å². The highest BCUT2D eigenvalue weighted by Crippen LogP contribution is 2.29. The van der Waals surface area contributed by atoms with Gasteiger partial charge in [-0.2, -0.15) is 0 Å². The zero-order chi connectivity index (χ0) is 22.7. The topological polar surface area (TPSA) is 111 Å². The highest BCUT2D eigenvalue weighted by Gasteiger charge is 2.18. The van der Waals surface area contributed by atoms with Gasteiger partial charge < -0.3 is 0 Å². The third kappa shape index (κ3) is 4.27. The normalized spacial score (nSPS) is 11.2. The minimum atomic E-state index is -0.389. The summed E-state index contributed by atoms with van der Waals surface area (Å²) in [6, 6.07) is 15.9. The molecule has 9 heteroatoms. The minimum absolute atomic E-state index is 0.229. The van der Waals surface area contributed by atoms with E-state index in [2.05, 4.69) is 39.6 Å². The van der Waals surface area contributed by atoms with Crippen LogP contribution in [-0.2, 0) is 13.0 Å². The predicted molar refractivity (Wildman–Crippen MR) is 120 cm³/mol. The summed E-state index contributed by atoms with van der Waals surface area (Å²) in [6.07, 6.45) is 0.850. The Hall–Kier alpha value is -3.88. The van der Waals surface area contributed by atoms with Crippen LogP contribution in [0.15, 0.2) is 53.3 Å². The average Bonchev–Trinajstić information content (AvgIpc) is 3.43. The van der Waals surface area contributed by atoms with Gasteiger partial charge in [0.05, 0.1) is 6.54 Å². The van der Waals surface area contributed by atoms with E-state index in [1.807, 2.05) is 48.5 Å². The third-order valence-corrected chi connectivity index (χ3v) is 5.20. The molecule has 4 aromatic rings. The van der Waals surface area contributed by atoms with E-state index in [0.29, 0.717) is 30.5 Å². The molecule has 0 saturated heterocycles. The van der Waals surface area contributed by atoms with Gasteiger partial charge in [-0.15, -0.1) is 14.9 Å². The van der Waals surface area contributed by atoms with Gasteiger partial charge in [-0.3, -0.25) is 9.36 Å². The summed E-state index contributed by atoms with van der Waals surface area (Å²) in [6.45, 7) is 6.20. The Morgan fingerprint density at radius 1 is 1.06 bits per heavy atom. The first-order valence-electron chi connectivity index (χ1n) is 10.6. The molecule has 2 aromatic carbocycles. The molecule has 2 heterocycles. The first-order valence-corrected chi connectivity index (χ1v) is 10.6. The number of H-pyrrole nitrogens is 1. The fraction of sp³-hybridized carbons (Fsp3) is 0.304. The molecule has 0 aliphatic rings. The first-order chi connectivity index (χ1) is 15.5. The second-order valence-corrected chi connectivity index (χ2v) is 8.03. The number of aromatic amines is 1. The minimum Gasteiger partial charge on any atom is -0.274 e. The van der Waals surface area contributed by atoms with E-state index in [0.717, 1.165) is 26.9 Å². The van der Waals surface area contributed by atoms with Crippen molar-refractivity contribution in [3.8, 4) is 22.5 Å². The lowest BCUT2D eigenvalue weighted by Crippen LogP contribution is -2.30. The van der Waals surface area contributed by atoms with Crippen LogP contribution in [0.4, 0.5) is 0 Å². The standard InChI is InChI=1S/C23H25N7O2/c1-4-21(31)30-23(32)29(20(26-30)13-15(2)3)14-16-9-11-17(12-10-16)18-7-5-6-8-19(18)22-24-27-28-25-22/h5-12,15H,4,13-14H2,1-3H3,(H,24,25,27,28). The van der Waals surface area contributed by atoms with E-state index < -0.39 is 0 Å². The van der Waals surface area contributed by atoms with Crippen molar-refractivity contribution in [2.75, 3.05) is 0 Å². The van der Waals surface area contributed by atoms with E-state index in [9.17, 15) is 9.59 Å². The summed E-state index contributed by atoms with van der Waals surface area (Å²) in [4.78, 5) is 25.0. The van der Waals surface area contributed by atoms with Crippen molar-refractivity contribution in [3.63, 3.8) is 0 Å². The summed E-state index contributed by atoms with van der Waals surface area (Å²) in [5, 5.41) is 18.5. The van der Waals surface area contributed by atoms with Gasteiger partial charge in [-0.05, 0) is 33.0 Å². The number of carbonyl (C=O) groups is 1. The van der Waals surface area contributed by atoms with Crippen molar-refractivity contribution in [3.05, 3.63) is 70.4 Å². The fourth-order valence-electron chi connectivity index (χ4n) is 3.61. The number of rotatable bonds is 7. The van der Waals surface area contributed by atoms with Crippen molar-refractivity contribution >= 4 is 5.91 Å². The molecule has 4 rings (SSSR count). The number of aromatic nitrogens is 7. The van der Waals surface area contributed by atoms with Crippen molar-refractivity contribution in [1.29, 1.82) is 0 Å². The van der Waals surface area contributed by atoms with Gasteiger partial charge in [0.2, 0.25) is 0 Å². The van der Waals surface area contributed by atoms with Gasteiger partial charge in [0.1, 0.15) is 5.82 Å². The lowest BCUT2D eigenvalue weighted by molar-refractivity contribution is 0.0887. The van der Waals surface area contributed by atoms with Crippen molar-refractivity contribution in [1.82, 2.24) is 35.0 Å². The molecule has 0 spiro atoms. The molecule has 1 N–H and O–H groups in total. The number of nitrogens with one attached hydrogen (secondary N) is 1. The zero-order valence-corrected chi connectivity index (χ0v) is 18.3. The van der Waals surface area contributed by atoms with Crippen LogP contribution in [0.1, 0.15) is 43.4 Å². The van der Waals surface area contributed by atoms with Crippen LogP contribution >= 0.6 is 0 Å². The summed E-state index contributed by atoms with van der Waals surface area (Å²) >= 11 is 0. The Balaban J connectivity index is 1.65. The molecular weight excluding hydrogens is 406 g/mol. The van der Waals surface area contributed by atoms with Gasteiger partial charge in [-0.1, -0.05) is 69.3 Å². The van der Waals surface area contributed by atoms with Crippen LogP contribution < -0.4 is 5.69 Å². The molecule has 164 valence electrons. The number of hydrogen-bond acceptors (Lipinski definition) is 6. The molecule has 0 fully saturated rings. The molecule has 0 aliphatic carbocycles. The van der Waals surface area contributed by atoms with E-state index in [1.54, 1.807) is 11.5 Å². The van der Waals surface area contributed by atoms with E-state index in [4.69, 9.17) is 0 Å². The Morgan fingerprint density at radius 3 is 2.41 bits per heavy atom. The Labute approximate surface area is 185 Å². The number of hydrogen-bond donors (Lipinski definition) is 1. The maximum Gasteiger partial charge on any atom is 0.353 e. The summed E-state index contributed by atoms with van der Waals surface area (Å²) in [7, 11) is 0. The van der Waals surface area contributed by atoms with Crippen LogP contribution in [-0.4, -0.2) is 40.9 Å². The van der Waals surface area contributed by atoms with Crippen LogP contribution in [0.3, 0.4) is 0 Å². The number of carbonyl (C=O) groups excluding carboxylic acids is 1. The largest absolute Gasteiger partial charge is 0.353 e. The lowest BCUT2D eigenvalue weighted by atomic mass is 9.98. The van der Waals surface area contributed by atoms with Crippen LogP contribution in [0.5, 0.6) is 0 Å². The second kappa shape index (κ2) is 9.09. The van der Waals surface area contributed by atoms with Crippen LogP contribution in [0.2, 0.25) is 0 Å². The summed E-state index contributed by atoms with van der Waals surface area (Å²) in [5.74, 6) is 1.24. The Bertz CT molecular complexity index is 1270. The molecule has 2 aromatic heterocycles. The second-order valence-electron chi connectivity index (χ2n) is 8.03. The van der Waals surface area contributed by atoms with Gasteiger partial charge in [-0.25, -0.2) is 9.89 Å². The zero-order valence-electron chi connectivity index (χ0n) is 18.3. The van der Waals surface area contributed by atoms with Crippen molar-refractivity contribution in [2.24, 2.45) is 5.92 Å². The molecule has 0 aliphatic heterocycles. The molecule has 0 saturated carbocycles. The maximum absolute atomic E-state index is 12.9. The van der Waals surface area contributed by atoms with Crippen LogP contribution in [0, 0.1) is 5.92 Å². The van der Waals surface area contributed by atoms with Gasteiger partial charge in [0, 0.05) is 18.4 Å². The predicted octanol–water partition coefficient (Wildman–Crippen LogP) is 3.19. The van der Waals surface area contributed by atoms with E-state index >= 15 is 0 Å². The maximum atomic E-state index is 12.9. The lowest BCUT2D eigenvalue weighted by Gasteiger charge is -2.10. The average molecular weight is 432 g/mol.